The molecule has 0 fully saturated rings. The molecule has 0 atom stereocenters. The number of hydrogen-bond acceptors (Lipinski definition) is 2. The van der Waals surface area contributed by atoms with Gasteiger partial charge in [-0.05, 0) is 11.6 Å². The summed E-state index contributed by atoms with van der Waals surface area (Å²) in [5.74, 6) is -0.0859. The first-order valence-corrected chi connectivity index (χ1v) is 4.33. The fourth-order valence-electron chi connectivity index (χ4n) is 1.12. The van der Waals surface area contributed by atoms with Crippen LogP contribution in [0.15, 0.2) is 24.8 Å². The van der Waals surface area contributed by atoms with Crippen LogP contribution in [0.2, 0.25) is 0 Å². The van der Waals surface area contributed by atoms with Crippen molar-refractivity contribution in [3.63, 3.8) is 0 Å². The number of hydrogen-bond donors (Lipinski definition) is 0. The maximum atomic E-state index is 11.9. The van der Waals surface area contributed by atoms with Crippen molar-refractivity contribution >= 4 is 6.08 Å². The Morgan fingerprint density at radius 2 is 2.12 bits per heavy atom. The van der Waals surface area contributed by atoms with Gasteiger partial charge in [0.2, 0.25) is 0 Å². The molecule has 0 bridgehead atoms. The van der Waals surface area contributed by atoms with E-state index in [0.717, 1.165) is 0 Å². The van der Waals surface area contributed by atoms with E-state index < -0.39 is 12.8 Å². The molecule has 1 rings (SSSR count). The molecule has 84 valence electrons. The molecule has 0 saturated heterocycles. The Morgan fingerprint density at radius 3 is 2.62 bits per heavy atom. The summed E-state index contributed by atoms with van der Waals surface area (Å²) in [6.07, 6.45) is -3.03. The molecule has 16 heavy (non-hydrogen) atoms. The van der Waals surface area contributed by atoms with E-state index in [1.165, 1.54) is 18.2 Å². The molecule has 0 heterocycles. The van der Waals surface area contributed by atoms with Gasteiger partial charge in [0.1, 0.15) is 17.4 Å². The van der Waals surface area contributed by atoms with E-state index in [2.05, 4.69) is 11.3 Å². The minimum absolute atomic E-state index is 0.0572. The summed E-state index contributed by atoms with van der Waals surface area (Å²) in [5, 5.41) is 8.80. The molecule has 0 amide bonds. The lowest BCUT2D eigenvalue weighted by atomic mass is 10.1. The van der Waals surface area contributed by atoms with E-state index in [1.54, 1.807) is 12.1 Å². The number of nitriles is 1. The molecule has 0 N–H and O–H groups in total. The molecular weight excluding hydrogens is 219 g/mol. The third-order valence-corrected chi connectivity index (χ3v) is 1.78. The first-order valence-electron chi connectivity index (χ1n) is 4.33. The third-order valence-electron chi connectivity index (χ3n) is 1.78. The van der Waals surface area contributed by atoms with Gasteiger partial charge in [-0.1, -0.05) is 24.8 Å². The van der Waals surface area contributed by atoms with Crippen LogP contribution in [0.4, 0.5) is 13.2 Å². The van der Waals surface area contributed by atoms with Gasteiger partial charge in [0, 0.05) is 0 Å². The minimum Gasteiger partial charge on any atom is -0.483 e. The summed E-state index contributed by atoms with van der Waals surface area (Å²) in [4.78, 5) is 0. The molecule has 2 nitrogen and oxygen atoms in total. The van der Waals surface area contributed by atoms with Gasteiger partial charge in [0.15, 0.2) is 6.61 Å². The Kier molecular flexibility index (Phi) is 3.56. The second-order valence-electron chi connectivity index (χ2n) is 2.94. The van der Waals surface area contributed by atoms with E-state index in [1.807, 2.05) is 0 Å². The second kappa shape index (κ2) is 4.71. The summed E-state index contributed by atoms with van der Waals surface area (Å²) < 4.78 is 40.3. The van der Waals surface area contributed by atoms with Crippen LogP contribution in [0.5, 0.6) is 5.75 Å². The predicted octanol–water partition coefficient (Wildman–Crippen LogP) is 3.14. The number of ether oxygens (including phenoxy) is 1. The van der Waals surface area contributed by atoms with Crippen LogP contribution in [-0.4, -0.2) is 12.8 Å². The van der Waals surface area contributed by atoms with E-state index in [9.17, 15) is 13.2 Å². The number of benzene rings is 1. The highest BCUT2D eigenvalue weighted by atomic mass is 19.4. The molecule has 0 aliphatic carbocycles. The maximum Gasteiger partial charge on any atom is 0.422 e. The molecule has 0 aromatic heterocycles. The predicted molar refractivity (Wildman–Crippen MR) is 52.8 cm³/mol. The van der Waals surface area contributed by atoms with Crippen molar-refractivity contribution in [3.05, 3.63) is 35.9 Å². The zero-order valence-corrected chi connectivity index (χ0v) is 8.21. The standard InChI is InChI=1S/C11H8F3NO/c1-2-8-4-3-5-10(9(8)6-15)16-7-11(12,13)14/h2-5H,1,7H2. The van der Waals surface area contributed by atoms with E-state index in [-0.39, 0.29) is 11.3 Å². The highest BCUT2D eigenvalue weighted by Gasteiger charge is 2.28. The van der Waals surface area contributed by atoms with Gasteiger partial charge in [-0.2, -0.15) is 18.4 Å². The molecule has 0 unspecified atom stereocenters. The number of rotatable bonds is 3. The highest BCUT2D eigenvalue weighted by molar-refractivity contribution is 5.61. The van der Waals surface area contributed by atoms with Gasteiger partial charge in [-0.3, -0.25) is 0 Å². The van der Waals surface area contributed by atoms with E-state index in [0.29, 0.717) is 5.56 Å². The second-order valence-corrected chi connectivity index (χ2v) is 2.94. The summed E-state index contributed by atoms with van der Waals surface area (Å²) in [6, 6.07) is 6.18. The number of nitrogens with zero attached hydrogens (tertiary/aromatic N) is 1. The van der Waals surface area contributed by atoms with Crippen LogP contribution >= 0.6 is 0 Å². The van der Waals surface area contributed by atoms with Crippen molar-refractivity contribution in [2.75, 3.05) is 6.61 Å². The third kappa shape index (κ3) is 3.02. The van der Waals surface area contributed by atoms with Gasteiger partial charge >= 0.3 is 6.18 Å². The van der Waals surface area contributed by atoms with Crippen LogP contribution in [0.3, 0.4) is 0 Å². The lowest BCUT2D eigenvalue weighted by molar-refractivity contribution is -0.153. The molecule has 0 spiro atoms. The van der Waals surface area contributed by atoms with Crippen molar-refractivity contribution in [1.82, 2.24) is 0 Å². The molecule has 0 radical (unpaired) electrons. The van der Waals surface area contributed by atoms with Crippen molar-refractivity contribution in [1.29, 1.82) is 5.26 Å². The smallest absolute Gasteiger partial charge is 0.422 e. The SMILES string of the molecule is C=Cc1cccc(OCC(F)(F)F)c1C#N. The van der Waals surface area contributed by atoms with Gasteiger partial charge in [0.25, 0.3) is 0 Å². The van der Waals surface area contributed by atoms with Crippen molar-refractivity contribution < 1.29 is 17.9 Å². The van der Waals surface area contributed by atoms with Crippen LogP contribution in [0, 0.1) is 11.3 Å². The van der Waals surface area contributed by atoms with Crippen LogP contribution in [0.25, 0.3) is 6.08 Å². The Morgan fingerprint density at radius 1 is 1.44 bits per heavy atom. The zero-order chi connectivity index (χ0) is 12.2. The van der Waals surface area contributed by atoms with E-state index >= 15 is 0 Å². The minimum atomic E-state index is -4.42. The molecule has 0 aliphatic rings. The zero-order valence-electron chi connectivity index (χ0n) is 8.21. The summed E-state index contributed by atoms with van der Waals surface area (Å²) in [6.45, 7) is 2.05. The average Bonchev–Trinajstić information content (AvgIpc) is 2.24. The van der Waals surface area contributed by atoms with Crippen LogP contribution in [-0.2, 0) is 0 Å². The largest absolute Gasteiger partial charge is 0.483 e. The lowest BCUT2D eigenvalue weighted by Gasteiger charge is -2.11. The fourth-order valence-corrected chi connectivity index (χ4v) is 1.12. The number of halogens is 3. The lowest BCUT2D eigenvalue weighted by Crippen LogP contribution is -2.19. The monoisotopic (exact) mass is 227 g/mol. The number of alkyl halides is 3. The summed E-state index contributed by atoms with van der Waals surface area (Å²) in [7, 11) is 0. The van der Waals surface area contributed by atoms with Gasteiger partial charge in [-0.15, -0.1) is 0 Å². The molecule has 0 saturated carbocycles. The van der Waals surface area contributed by atoms with Gasteiger partial charge in [0.05, 0.1) is 0 Å². The molecule has 0 aliphatic heterocycles. The van der Waals surface area contributed by atoms with Crippen molar-refractivity contribution in [3.8, 4) is 11.8 Å². The Bertz CT molecular complexity index is 432. The maximum absolute atomic E-state index is 11.9. The van der Waals surface area contributed by atoms with Gasteiger partial charge in [-0.25, -0.2) is 0 Å². The topological polar surface area (TPSA) is 33.0 Å². The quantitative estimate of drug-likeness (QED) is 0.794. The fraction of sp³-hybridized carbons (Fsp3) is 0.182. The summed E-state index contributed by atoms with van der Waals surface area (Å²) >= 11 is 0. The normalized spacial score (nSPS) is 10.6. The molecule has 1 aromatic carbocycles. The van der Waals surface area contributed by atoms with Crippen molar-refractivity contribution in [2.45, 2.75) is 6.18 Å². The summed E-state index contributed by atoms with van der Waals surface area (Å²) in [5.41, 5.74) is 0.504. The van der Waals surface area contributed by atoms with E-state index in [4.69, 9.17) is 5.26 Å². The molecule has 1 aromatic rings. The van der Waals surface area contributed by atoms with Gasteiger partial charge < -0.3 is 4.74 Å². The first-order chi connectivity index (χ1) is 7.48. The Hall–Kier alpha value is -1.96. The first kappa shape index (κ1) is 12.1. The van der Waals surface area contributed by atoms with Crippen LogP contribution in [0.1, 0.15) is 11.1 Å². The van der Waals surface area contributed by atoms with Crippen LogP contribution < -0.4 is 4.74 Å². The molecular formula is C11H8F3NO. The Balaban J connectivity index is 2.97. The molecule has 5 heteroatoms. The Labute approximate surface area is 90.6 Å². The average molecular weight is 227 g/mol. The highest BCUT2D eigenvalue weighted by Crippen LogP contribution is 2.24. The van der Waals surface area contributed by atoms with Crippen molar-refractivity contribution in [2.24, 2.45) is 0 Å².